The molecule has 0 aliphatic rings. The van der Waals surface area contributed by atoms with Crippen LogP contribution in [0.2, 0.25) is 3.67 Å². The zero-order valence-corrected chi connectivity index (χ0v) is 14.7. The molecule has 0 aromatic heterocycles. The van der Waals surface area contributed by atoms with Crippen molar-refractivity contribution in [2.24, 2.45) is 0 Å². The topological polar surface area (TPSA) is 72.8 Å². The van der Waals surface area contributed by atoms with Gasteiger partial charge in [0.05, 0.1) is 0 Å². The van der Waals surface area contributed by atoms with E-state index in [0.717, 1.165) is 13.2 Å². The molecule has 6 heteroatoms. The van der Waals surface area contributed by atoms with Gasteiger partial charge in [-0.3, -0.25) is 9.59 Å². The third kappa shape index (κ3) is 15.9. The fraction of sp³-hybridized carbons (Fsp3) is 0.818. The van der Waals surface area contributed by atoms with E-state index in [1.807, 2.05) is 13.8 Å². The Kier molecular flexibility index (Phi) is 14.0. The first-order valence-electron chi connectivity index (χ1n) is 5.79. The summed E-state index contributed by atoms with van der Waals surface area (Å²) in [6, 6.07) is 0. The fourth-order valence-corrected chi connectivity index (χ4v) is 5.32. The number of aliphatic carboxylic acids is 1. The average molecular weight is 350 g/mol. The molecule has 0 aromatic rings. The molecule has 5 nitrogen and oxygen atoms in total. The molecule has 100 valence electrons. The van der Waals surface area contributed by atoms with Gasteiger partial charge in [0, 0.05) is 0 Å². The molecule has 0 aromatic carbocycles. The summed E-state index contributed by atoms with van der Waals surface area (Å²) in [5.41, 5.74) is 0. The van der Waals surface area contributed by atoms with Crippen LogP contribution in [0.4, 0.5) is 0 Å². The second kappa shape index (κ2) is 12.4. The Morgan fingerprint density at radius 3 is 1.71 bits per heavy atom. The van der Waals surface area contributed by atoms with Gasteiger partial charge in [-0.05, 0) is 6.92 Å². The average Bonchev–Trinajstić information content (AvgIpc) is 2.16. The molecule has 0 amide bonds. The van der Waals surface area contributed by atoms with Crippen molar-refractivity contribution in [1.82, 2.24) is 0 Å². The van der Waals surface area contributed by atoms with Crippen LogP contribution in [0.5, 0.6) is 0 Å². The van der Waals surface area contributed by atoms with Gasteiger partial charge in [0.1, 0.15) is 12.2 Å². The van der Waals surface area contributed by atoms with Crippen LogP contribution in [0, 0.1) is 0 Å². The number of hydrogen-bond acceptors (Lipinski definition) is 4. The first-order chi connectivity index (χ1) is 7.84. The number of carbonyl (C=O) groups is 2. The van der Waals surface area contributed by atoms with Crippen molar-refractivity contribution in [3.05, 3.63) is 0 Å². The Bertz CT molecular complexity index is 200. The van der Waals surface area contributed by atoms with Crippen molar-refractivity contribution in [2.75, 3.05) is 13.2 Å². The molecule has 0 unspecified atom stereocenters. The number of ketones is 1. The van der Waals surface area contributed by atoms with Crippen LogP contribution in [0.15, 0.2) is 0 Å². The van der Waals surface area contributed by atoms with Gasteiger partial charge in [-0.15, -0.1) is 0 Å². The van der Waals surface area contributed by atoms with E-state index in [0.29, 0.717) is 3.67 Å². The van der Waals surface area contributed by atoms with Gasteiger partial charge in [-0.25, -0.2) is 0 Å². The summed E-state index contributed by atoms with van der Waals surface area (Å²) in [5.74, 6) is -1.37. The number of carbonyl (C=O) groups excluding carboxylic acids is 1. The van der Waals surface area contributed by atoms with E-state index < -0.39 is 28.3 Å². The Balaban J connectivity index is 0. The molecule has 0 atom stereocenters. The molecular weight excluding hydrogens is 327 g/mol. The molecule has 0 radical (unpaired) electrons. The van der Waals surface area contributed by atoms with Crippen LogP contribution in [0.3, 0.4) is 0 Å². The summed E-state index contributed by atoms with van der Waals surface area (Å²) >= 11 is -1.97. The zero-order valence-electron chi connectivity index (χ0n) is 11.4. The second-order valence-corrected chi connectivity index (χ2v) is 11.6. The molecule has 0 saturated heterocycles. The maximum absolute atomic E-state index is 9.87. The van der Waals surface area contributed by atoms with Crippen molar-refractivity contribution >= 4 is 34.1 Å². The van der Waals surface area contributed by atoms with Gasteiger partial charge in [-0.1, -0.05) is 0 Å². The molecule has 0 saturated carbocycles. The third-order valence-corrected chi connectivity index (χ3v) is 8.49. The summed E-state index contributed by atoms with van der Waals surface area (Å²) in [4.78, 5) is 19.5. The molecule has 0 aliphatic carbocycles. The molecule has 0 aliphatic heterocycles. The quantitative estimate of drug-likeness (QED) is 0.711. The predicted molar refractivity (Wildman–Crippen MR) is 67.0 cm³/mol. The third-order valence-electron chi connectivity index (χ3n) is 1.61. The summed E-state index contributed by atoms with van der Waals surface area (Å²) in [6.07, 6.45) is -0.361. The SMILES string of the molecule is CC(=O)CC(=O)O.CC[O][In]([O]CC)[CH](C)C. The maximum atomic E-state index is 9.87. The van der Waals surface area contributed by atoms with Crippen LogP contribution in [0.1, 0.15) is 41.0 Å². The van der Waals surface area contributed by atoms with Gasteiger partial charge >= 0.3 is 78.6 Å². The monoisotopic (exact) mass is 350 g/mol. The molecule has 17 heavy (non-hydrogen) atoms. The number of rotatable bonds is 7. The minimum atomic E-state index is -1.97. The second-order valence-electron chi connectivity index (χ2n) is 3.80. The Labute approximate surface area is 112 Å². The van der Waals surface area contributed by atoms with E-state index in [2.05, 4.69) is 13.8 Å². The van der Waals surface area contributed by atoms with Crippen LogP contribution in [0.25, 0.3) is 0 Å². The summed E-state index contributed by atoms with van der Waals surface area (Å²) in [5, 5.41) is 7.86. The van der Waals surface area contributed by atoms with Crippen LogP contribution in [-0.4, -0.2) is 52.4 Å². The minimum absolute atomic E-state index is 0.312. The predicted octanol–water partition coefficient (Wildman–Crippen LogP) is 2.01. The van der Waals surface area contributed by atoms with E-state index in [-0.39, 0.29) is 12.2 Å². The Hall–Kier alpha value is -0.0699. The van der Waals surface area contributed by atoms with E-state index >= 15 is 0 Å². The van der Waals surface area contributed by atoms with Crippen LogP contribution < -0.4 is 0 Å². The standard InChI is InChI=1S/C4H6O3.C3H7.2C2H5O.In/c1-3(5)2-4(6)7;1-3-2;2*1-2-3;/h2H2,1H3,(H,6,7);3H,1-2H3;2*2H2,1H3;/q;;2*-1;+2. The van der Waals surface area contributed by atoms with Crippen LogP contribution >= 0.6 is 0 Å². The number of Topliss-reactive ketones (excluding diaryl/α,β-unsaturated/α-hetero) is 1. The van der Waals surface area contributed by atoms with Crippen LogP contribution in [-0.2, 0) is 15.3 Å². The van der Waals surface area contributed by atoms with E-state index in [1.165, 1.54) is 6.92 Å². The molecule has 0 bridgehead atoms. The molecule has 0 rings (SSSR count). The molecule has 0 fully saturated rings. The van der Waals surface area contributed by atoms with Gasteiger partial charge in [-0.2, -0.15) is 0 Å². The van der Waals surface area contributed by atoms with Gasteiger partial charge in [0.15, 0.2) is 0 Å². The number of hydrogen-bond donors (Lipinski definition) is 1. The first kappa shape index (κ1) is 19.3. The zero-order chi connectivity index (χ0) is 13.8. The van der Waals surface area contributed by atoms with E-state index in [4.69, 9.17) is 10.8 Å². The summed E-state index contributed by atoms with van der Waals surface area (Å²) in [6.45, 7) is 11.3. The van der Waals surface area contributed by atoms with E-state index in [9.17, 15) is 9.59 Å². The molecule has 1 N–H and O–H groups in total. The van der Waals surface area contributed by atoms with Gasteiger partial charge in [0.2, 0.25) is 0 Å². The normalized spacial score (nSPS) is 9.53. The van der Waals surface area contributed by atoms with Gasteiger partial charge < -0.3 is 5.11 Å². The first-order valence-corrected chi connectivity index (χ1v) is 10.4. The Morgan fingerprint density at radius 1 is 1.18 bits per heavy atom. The molecular formula is C11H23InO5. The molecule has 0 spiro atoms. The summed E-state index contributed by atoms with van der Waals surface area (Å²) in [7, 11) is 0. The number of carboxylic acids is 1. The van der Waals surface area contributed by atoms with Crippen molar-refractivity contribution in [3.8, 4) is 0 Å². The fourth-order valence-electron chi connectivity index (χ4n) is 0.975. The summed E-state index contributed by atoms with van der Waals surface area (Å²) < 4.78 is 11.7. The van der Waals surface area contributed by atoms with Crippen molar-refractivity contribution in [3.63, 3.8) is 0 Å². The van der Waals surface area contributed by atoms with Crippen molar-refractivity contribution < 1.29 is 20.4 Å². The van der Waals surface area contributed by atoms with Crippen molar-refractivity contribution in [1.29, 1.82) is 0 Å². The van der Waals surface area contributed by atoms with Gasteiger partial charge in [0.25, 0.3) is 0 Å². The van der Waals surface area contributed by atoms with Crippen molar-refractivity contribution in [2.45, 2.75) is 44.7 Å². The molecule has 0 heterocycles. The Morgan fingerprint density at radius 2 is 1.59 bits per heavy atom. The number of carboxylic acid groups (broad SMARTS) is 1. The van der Waals surface area contributed by atoms with E-state index in [1.54, 1.807) is 0 Å².